The lowest BCUT2D eigenvalue weighted by atomic mass is 9.97. The van der Waals surface area contributed by atoms with Crippen LogP contribution in [0.25, 0.3) is 0 Å². The Labute approximate surface area is 188 Å². The Morgan fingerprint density at radius 2 is 1.87 bits per heavy atom. The van der Waals surface area contributed by atoms with Gasteiger partial charge in [-0.2, -0.15) is 0 Å². The number of rotatable bonds is 7. The van der Waals surface area contributed by atoms with E-state index in [-0.39, 0.29) is 24.3 Å². The van der Waals surface area contributed by atoms with Crippen molar-refractivity contribution in [2.75, 3.05) is 27.4 Å². The van der Waals surface area contributed by atoms with Crippen LogP contribution in [0.15, 0.2) is 41.1 Å². The summed E-state index contributed by atoms with van der Waals surface area (Å²) in [7, 11) is 2.93. The van der Waals surface area contributed by atoms with Gasteiger partial charge < -0.3 is 24.8 Å². The number of nitrogens with two attached hydrogens (primary N) is 1. The van der Waals surface area contributed by atoms with Gasteiger partial charge in [-0.05, 0) is 47.0 Å². The molecule has 0 radical (unpaired) electrons. The van der Waals surface area contributed by atoms with Crippen molar-refractivity contribution in [2.45, 2.75) is 12.5 Å². The van der Waals surface area contributed by atoms with Crippen molar-refractivity contribution < 1.29 is 23.8 Å². The van der Waals surface area contributed by atoms with E-state index in [1.807, 2.05) is 16.3 Å². The van der Waals surface area contributed by atoms with E-state index < -0.39 is 5.91 Å². The quantitative estimate of drug-likeness (QED) is 0.585. The largest absolute Gasteiger partial charge is 0.493 e. The SMILES string of the molecule is COc1cc(C(=O)N2CCc3sccc3C2c2cccs2)cc(OC)c1OCC(N)=O. The fraction of sp³-hybridized carbons (Fsp3) is 0.273. The van der Waals surface area contributed by atoms with Gasteiger partial charge in [-0.15, -0.1) is 22.7 Å². The average molecular weight is 459 g/mol. The molecule has 1 atom stereocenters. The maximum atomic E-state index is 13.7. The topological polar surface area (TPSA) is 91.1 Å². The number of thiophene rings is 2. The van der Waals surface area contributed by atoms with Gasteiger partial charge in [0.05, 0.1) is 20.3 Å². The summed E-state index contributed by atoms with van der Waals surface area (Å²) in [5.41, 5.74) is 6.78. The molecule has 3 heterocycles. The van der Waals surface area contributed by atoms with Gasteiger partial charge in [0, 0.05) is 21.9 Å². The summed E-state index contributed by atoms with van der Waals surface area (Å²) in [5, 5.41) is 4.10. The first-order valence-electron chi connectivity index (χ1n) is 9.61. The van der Waals surface area contributed by atoms with Crippen LogP contribution in [0.2, 0.25) is 0 Å². The molecule has 0 fully saturated rings. The summed E-state index contributed by atoms with van der Waals surface area (Å²) in [4.78, 5) is 29.1. The molecule has 1 unspecified atom stereocenters. The van der Waals surface area contributed by atoms with Gasteiger partial charge in [-0.25, -0.2) is 0 Å². The van der Waals surface area contributed by atoms with Crippen molar-refractivity contribution in [3.8, 4) is 17.2 Å². The van der Waals surface area contributed by atoms with E-state index in [9.17, 15) is 9.59 Å². The molecule has 0 bridgehead atoms. The second-order valence-corrected chi connectivity index (χ2v) is 8.91. The number of amides is 2. The highest BCUT2D eigenvalue weighted by Crippen LogP contribution is 2.42. The molecular formula is C22H22N2O5S2. The van der Waals surface area contributed by atoms with Crippen LogP contribution in [-0.4, -0.2) is 44.1 Å². The highest BCUT2D eigenvalue weighted by atomic mass is 32.1. The van der Waals surface area contributed by atoms with E-state index in [2.05, 4.69) is 17.5 Å². The first kappa shape index (κ1) is 21.2. The molecule has 1 aromatic carbocycles. The third-order valence-electron chi connectivity index (χ3n) is 5.11. The van der Waals surface area contributed by atoms with Crippen LogP contribution in [0, 0.1) is 0 Å². The first-order chi connectivity index (χ1) is 15.0. The van der Waals surface area contributed by atoms with Crippen LogP contribution in [0.3, 0.4) is 0 Å². The van der Waals surface area contributed by atoms with Crippen LogP contribution in [-0.2, 0) is 11.2 Å². The number of nitrogens with zero attached hydrogens (tertiary/aromatic N) is 1. The summed E-state index contributed by atoms with van der Waals surface area (Å²) in [6.45, 7) is 0.285. The monoisotopic (exact) mass is 458 g/mol. The number of carbonyl (C=O) groups is 2. The summed E-state index contributed by atoms with van der Waals surface area (Å²) in [6.07, 6.45) is 0.814. The van der Waals surface area contributed by atoms with Crippen molar-refractivity contribution in [1.29, 1.82) is 0 Å². The number of hydrogen-bond donors (Lipinski definition) is 1. The smallest absolute Gasteiger partial charge is 0.255 e. The molecule has 2 N–H and O–H groups in total. The van der Waals surface area contributed by atoms with Gasteiger partial charge in [0.25, 0.3) is 11.8 Å². The van der Waals surface area contributed by atoms with E-state index in [0.717, 1.165) is 11.3 Å². The van der Waals surface area contributed by atoms with Crippen LogP contribution >= 0.6 is 22.7 Å². The number of carbonyl (C=O) groups excluding carboxylic acids is 2. The standard InChI is InChI=1S/C22H22N2O5S2/c1-27-15-10-13(11-16(28-2)21(15)29-12-19(23)25)22(26)24-7-5-17-14(6-9-31-17)20(24)18-4-3-8-30-18/h3-4,6,8-11,20H,5,7,12H2,1-2H3,(H2,23,25). The van der Waals surface area contributed by atoms with Crippen LogP contribution in [0.4, 0.5) is 0 Å². The minimum absolute atomic E-state index is 0.131. The number of ether oxygens (including phenoxy) is 3. The molecule has 1 aliphatic rings. The van der Waals surface area contributed by atoms with Crippen molar-refractivity contribution in [2.24, 2.45) is 5.73 Å². The van der Waals surface area contributed by atoms with E-state index in [4.69, 9.17) is 19.9 Å². The molecule has 9 heteroatoms. The maximum Gasteiger partial charge on any atom is 0.255 e. The van der Waals surface area contributed by atoms with Crippen molar-refractivity contribution in [1.82, 2.24) is 4.90 Å². The number of hydrogen-bond acceptors (Lipinski definition) is 7. The van der Waals surface area contributed by atoms with Gasteiger partial charge in [-0.1, -0.05) is 6.07 Å². The Balaban J connectivity index is 1.72. The molecule has 0 saturated carbocycles. The van der Waals surface area contributed by atoms with Crippen molar-refractivity contribution in [3.63, 3.8) is 0 Å². The lowest BCUT2D eigenvalue weighted by molar-refractivity contribution is -0.120. The van der Waals surface area contributed by atoms with Crippen molar-refractivity contribution >= 4 is 34.5 Å². The molecule has 31 heavy (non-hydrogen) atoms. The maximum absolute atomic E-state index is 13.7. The summed E-state index contributed by atoms with van der Waals surface area (Å²) >= 11 is 3.37. The van der Waals surface area contributed by atoms with E-state index in [1.165, 1.54) is 24.7 Å². The first-order valence-corrected chi connectivity index (χ1v) is 11.4. The number of benzene rings is 1. The predicted molar refractivity (Wildman–Crippen MR) is 119 cm³/mol. The number of fused-ring (bicyclic) bond motifs is 1. The molecule has 0 spiro atoms. The zero-order chi connectivity index (χ0) is 22.0. The van der Waals surface area contributed by atoms with Crippen LogP contribution in [0.1, 0.15) is 31.7 Å². The van der Waals surface area contributed by atoms with E-state index >= 15 is 0 Å². The third-order valence-corrected chi connectivity index (χ3v) is 7.03. The Kier molecular flexibility index (Phi) is 6.15. The number of methoxy groups -OCH3 is 2. The fourth-order valence-electron chi connectivity index (χ4n) is 3.74. The lowest BCUT2D eigenvalue weighted by Crippen LogP contribution is -2.39. The highest BCUT2D eigenvalue weighted by molar-refractivity contribution is 7.10. The highest BCUT2D eigenvalue weighted by Gasteiger charge is 2.34. The molecule has 2 aromatic heterocycles. The molecule has 1 aliphatic heterocycles. The minimum atomic E-state index is -0.622. The molecule has 3 aromatic rings. The van der Waals surface area contributed by atoms with Gasteiger partial charge >= 0.3 is 0 Å². The van der Waals surface area contributed by atoms with Crippen LogP contribution < -0.4 is 19.9 Å². The summed E-state index contributed by atoms with van der Waals surface area (Å²) in [6, 6.07) is 9.24. The average Bonchev–Trinajstić information content (AvgIpc) is 3.47. The Hall–Kier alpha value is -3.04. The van der Waals surface area contributed by atoms with E-state index in [1.54, 1.807) is 34.8 Å². The number of primary amides is 1. The predicted octanol–water partition coefficient (Wildman–Crippen LogP) is 3.48. The minimum Gasteiger partial charge on any atom is -0.493 e. The lowest BCUT2D eigenvalue weighted by Gasteiger charge is -2.35. The molecule has 4 rings (SSSR count). The molecule has 0 aliphatic carbocycles. The van der Waals surface area contributed by atoms with Crippen molar-refractivity contribution in [3.05, 3.63) is 62.0 Å². The summed E-state index contributed by atoms with van der Waals surface area (Å²) in [5.74, 6) is 0.0693. The zero-order valence-electron chi connectivity index (χ0n) is 17.1. The molecule has 7 nitrogen and oxygen atoms in total. The normalized spacial score (nSPS) is 15.3. The third kappa shape index (κ3) is 4.11. The molecule has 0 saturated heterocycles. The molecular weight excluding hydrogens is 436 g/mol. The Morgan fingerprint density at radius 1 is 1.13 bits per heavy atom. The van der Waals surface area contributed by atoms with Crippen LogP contribution in [0.5, 0.6) is 17.2 Å². The molecule has 2 amide bonds. The summed E-state index contributed by atoms with van der Waals surface area (Å²) < 4.78 is 16.3. The van der Waals surface area contributed by atoms with Gasteiger partial charge in [0.2, 0.25) is 5.75 Å². The van der Waals surface area contributed by atoms with Gasteiger partial charge in [0.15, 0.2) is 18.1 Å². The zero-order valence-corrected chi connectivity index (χ0v) is 18.8. The molecule has 162 valence electrons. The Bertz CT molecular complexity index is 1070. The van der Waals surface area contributed by atoms with E-state index in [0.29, 0.717) is 23.6 Å². The van der Waals surface area contributed by atoms with Gasteiger partial charge in [-0.3, -0.25) is 9.59 Å². The second kappa shape index (κ2) is 8.99. The Morgan fingerprint density at radius 3 is 2.48 bits per heavy atom. The van der Waals surface area contributed by atoms with Gasteiger partial charge in [0.1, 0.15) is 0 Å². The fourth-order valence-corrected chi connectivity index (χ4v) is 5.50. The second-order valence-electron chi connectivity index (χ2n) is 6.93.